The van der Waals surface area contributed by atoms with Crippen molar-refractivity contribution in [1.29, 1.82) is 0 Å². The topological polar surface area (TPSA) is 4.93 Å². The van der Waals surface area contributed by atoms with E-state index in [0.717, 1.165) is 0 Å². The maximum atomic E-state index is 2.68. The molecule has 0 fully saturated rings. The molecule has 1 aromatic heterocycles. The quantitative estimate of drug-likeness (QED) is 0.144. The predicted molar refractivity (Wildman–Crippen MR) is 430 cm³/mol. The van der Waals surface area contributed by atoms with Crippen LogP contribution in [-0.2, 0) is 5.41 Å². The summed E-state index contributed by atoms with van der Waals surface area (Å²) in [5, 5.41) is 2.69. The predicted octanol–water partition coefficient (Wildman–Crippen LogP) is -7.49. The molecule has 0 spiro atoms. The molecule has 406 valence electrons. The van der Waals surface area contributed by atoms with Crippen molar-refractivity contribution in [1.82, 2.24) is 4.57 Å². The molecule has 12 aromatic rings. The van der Waals surface area contributed by atoms with Gasteiger partial charge in [0.25, 0.3) is 0 Å². The highest BCUT2D eigenvalue weighted by Gasteiger charge is 2.44. The van der Waals surface area contributed by atoms with Gasteiger partial charge in [0.15, 0.2) is 0 Å². The summed E-state index contributed by atoms with van der Waals surface area (Å²) in [6, 6.07) is 66.0. The van der Waals surface area contributed by atoms with Crippen LogP contribution in [0.25, 0.3) is 83.1 Å². The fourth-order valence-electron chi connectivity index (χ4n) is 15.8. The summed E-state index contributed by atoms with van der Waals surface area (Å²) in [6.45, 7) is 6.99. The van der Waals surface area contributed by atoms with E-state index in [4.69, 9.17) is 0 Å². The van der Waals surface area contributed by atoms with Gasteiger partial charge in [-0.25, -0.2) is 0 Å². The van der Waals surface area contributed by atoms with Crippen molar-refractivity contribution >= 4 is 243 Å². The molecule has 14 rings (SSSR count). The summed E-state index contributed by atoms with van der Waals surface area (Å²) >= 11 is 1.98. The minimum Gasteiger partial charge on any atom is -0.310 e. The normalized spacial score (nSPS) is 13.4. The molecule has 0 amide bonds. The lowest BCUT2D eigenvalue weighted by molar-refractivity contribution is 0.591. The Balaban J connectivity index is 1.17. The summed E-state index contributed by atoms with van der Waals surface area (Å²) in [5.41, 5.74) is 45.3. The number of hydrogen-bond acceptors (Lipinski definition) is 1. The molecule has 2 aliphatic rings. The van der Waals surface area contributed by atoms with Gasteiger partial charge in [-0.05, 0) is 114 Å². The highest BCUT2D eigenvalue weighted by Crippen LogP contribution is 2.48. The van der Waals surface area contributed by atoms with Crippen molar-refractivity contribution < 1.29 is 0 Å². The Morgan fingerprint density at radius 2 is 0.886 bits per heavy atom. The van der Waals surface area contributed by atoms with E-state index in [-0.39, 0.29) is 18.0 Å². The van der Waals surface area contributed by atoms with Crippen molar-refractivity contribution in [3.63, 3.8) is 0 Å². The van der Waals surface area contributed by atoms with Gasteiger partial charge in [0, 0.05) is 37.7 Å². The third kappa shape index (κ3) is 8.89. The minimum absolute atomic E-state index is 0.0214. The Morgan fingerprint density at radius 1 is 0.386 bits per heavy atom. The molecule has 1 unspecified atom stereocenters. The Labute approximate surface area is 539 Å². The van der Waals surface area contributed by atoms with Crippen molar-refractivity contribution in [2.75, 3.05) is 0 Å². The van der Waals surface area contributed by atoms with Gasteiger partial charge in [-0.2, -0.15) is 0 Å². The molecule has 1 atom stereocenters. The molecule has 0 N–H and O–H groups in total. The van der Waals surface area contributed by atoms with Crippen LogP contribution in [-0.4, -0.2) is 121 Å². The monoisotopic (exact) mass is 1130 g/mol. The van der Waals surface area contributed by atoms with Crippen LogP contribution in [0.3, 0.4) is 0 Å². The summed E-state index contributed by atoms with van der Waals surface area (Å²) in [4.78, 5) is 2.63. The number of nitrogens with zero attached hydrogens (tertiary/aromatic N) is 1. The number of benzene rings is 11. The van der Waals surface area contributed by atoms with Crippen LogP contribution in [0.1, 0.15) is 48.9 Å². The molecule has 2 aliphatic heterocycles. The first-order valence-corrected chi connectivity index (χ1v) is 32.6. The summed E-state index contributed by atoms with van der Waals surface area (Å²) in [7, 11) is 33.0. The van der Waals surface area contributed by atoms with Crippen LogP contribution in [0.15, 0.2) is 180 Å². The molecule has 3 heterocycles. The number of rotatable bonds is 7. The highest BCUT2D eigenvalue weighted by atomic mass is 32.2. The standard InChI is InChI=1S/C71H66B15NS/c1-71(2,3)36-23-25-47-43(29-36)54-59(76)64(81)67(84)68(85)70(54)87(47)37-30-44-50(51-41(52-55(72)60(77)65(82)61(78)56(52)73)19-12-20-42(51)53-57(74)62(79)66(83)63(80)58(53)75)40-24-21-34(32-13-6-4-7-14-32)27-45(40)86-46-28-35(22-26-48(46)88-49(31-37)69(44)86)39-18-11-10-17-38(39)33-15-8-5-9-16-33/h4-31,50H,72-85H2,1-3H3. The molecular weight excluding hydrogens is 1060 g/mol. The van der Waals surface area contributed by atoms with Crippen molar-refractivity contribution in [2.24, 2.45) is 0 Å². The van der Waals surface area contributed by atoms with Crippen molar-refractivity contribution in [3.8, 4) is 61.3 Å². The third-order valence-electron chi connectivity index (χ3n) is 21.9. The van der Waals surface area contributed by atoms with Gasteiger partial charge < -0.3 is 4.57 Å². The first-order valence-electron chi connectivity index (χ1n) is 31.8. The fourth-order valence-corrected chi connectivity index (χ4v) is 17.0. The zero-order valence-electron chi connectivity index (χ0n) is 54.7. The van der Waals surface area contributed by atoms with E-state index in [1.807, 2.05) is 11.8 Å². The second-order valence-electron chi connectivity index (χ2n) is 27.1. The lowest BCUT2D eigenvalue weighted by Crippen LogP contribution is -2.60. The van der Waals surface area contributed by atoms with E-state index < -0.39 is 0 Å². The second kappa shape index (κ2) is 21.7. The van der Waals surface area contributed by atoms with Crippen LogP contribution < -0.4 is 92.9 Å². The second-order valence-corrected chi connectivity index (χ2v) is 28.2. The summed E-state index contributed by atoms with van der Waals surface area (Å²) < 4.78 is 2.68. The Bertz CT molecular complexity index is 4850. The average Bonchev–Trinajstić information content (AvgIpc) is 1.08. The van der Waals surface area contributed by atoms with E-state index in [0.29, 0.717) is 0 Å². The smallest absolute Gasteiger partial charge is 0.245 e. The van der Waals surface area contributed by atoms with Crippen LogP contribution in [0, 0.1) is 0 Å². The van der Waals surface area contributed by atoms with Crippen molar-refractivity contribution in [2.45, 2.75) is 41.9 Å². The molecule has 11 aromatic carbocycles. The van der Waals surface area contributed by atoms with Gasteiger partial charge in [0.05, 0.1) is 5.52 Å². The van der Waals surface area contributed by atoms with Gasteiger partial charge in [-0.15, -0.1) is 38.2 Å². The first-order chi connectivity index (χ1) is 42.2. The van der Waals surface area contributed by atoms with Gasteiger partial charge in [-0.1, -0.05) is 227 Å². The summed E-state index contributed by atoms with van der Waals surface area (Å²) in [5.74, 6) is -0.172. The van der Waals surface area contributed by atoms with E-state index in [1.54, 1.807) is 0 Å². The SMILES string of the molecule is Bc1c(B)c(B)c(-c2cccc(-c3c(B)c(B)c(B)c(B)c3B)c2C2c3ccc(-c4ccccc4)cc3B3c4cc(-c5ccccc5-c5ccccc5)ccc4Sc4cc(-n5c6ccc(C(C)(C)C)cc6c6c(B)c(B)c(B)c(B)c65)cc2c43)c(B)c1B. The molecule has 88 heavy (non-hydrogen) atoms. The Hall–Kier alpha value is -7.46. The molecule has 0 saturated heterocycles. The Morgan fingerprint density at radius 3 is 1.48 bits per heavy atom. The maximum absolute atomic E-state index is 2.68. The molecular formula is C71H66B15NS. The number of aromatic nitrogens is 1. The first kappa shape index (κ1) is 58.2. The van der Waals surface area contributed by atoms with Crippen LogP contribution in [0.2, 0.25) is 0 Å². The van der Waals surface area contributed by atoms with Crippen LogP contribution >= 0.6 is 11.8 Å². The van der Waals surface area contributed by atoms with Crippen molar-refractivity contribution in [3.05, 3.63) is 192 Å². The van der Waals surface area contributed by atoms with E-state index in [1.165, 1.54) is 208 Å². The van der Waals surface area contributed by atoms with Gasteiger partial charge in [0.2, 0.25) is 6.71 Å². The highest BCUT2D eigenvalue weighted by molar-refractivity contribution is 8.00. The van der Waals surface area contributed by atoms with E-state index in [2.05, 4.69) is 305 Å². The fraction of sp³-hybridized carbons (Fsp3) is 0.0704. The zero-order chi connectivity index (χ0) is 61.7. The zero-order valence-corrected chi connectivity index (χ0v) is 55.5. The maximum Gasteiger partial charge on any atom is 0.245 e. The lowest BCUT2D eigenvalue weighted by atomic mass is 9.32. The lowest BCUT2D eigenvalue weighted by Gasteiger charge is -2.40. The third-order valence-corrected chi connectivity index (χ3v) is 23.0. The Kier molecular flexibility index (Phi) is 14.3. The molecule has 0 radical (unpaired) electrons. The molecule has 0 saturated carbocycles. The van der Waals surface area contributed by atoms with E-state index >= 15 is 0 Å². The van der Waals surface area contributed by atoms with E-state index in [9.17, 15) is 0 Å². The van der Waals surface area contributed by atoms with Gasteiger partial charge in [0.1, 0.15) is 110 Å². The van der Waals surface area contributed by atoms with Gasteiger partial charge >= 0.3 is 0 Å². The summed E-state index contributed by atoms with van der Waals surface area (Å²) in [6.07, 6.45) is 0. The minimum atomic E-state index is -0.172. The molecule has 17 heteroatoms. The number of hydrogen-bond donors (Lipinski definition) is 0. The van der Waals surface area contributed by atoms with Crippen LogP contribution in [0.5, 0.6) is 0 Å². The van der Waals surface area contributed by atoms with Gasteiger partial charge in [-0.3, -0.25) is 0 Å². The number of fused-ring (bicyclic) bond motifs is 7. The van der Waals surface area contributed by atoms with Crippen LogP contribution in [0.4, 0.5) is 0 Å². The average molecular weight is 1130 g/mol. The largest absolute Gasteiger partial charge is 0.310 e. The molecule has 0 bridgehead atoms. The molecule has 1 nitrogen and oxygen atoms in total. The molecule has 0 aliphatic carbocycles.